The second-order valence-electron chi connectivity index (χ2n) is 9.48. The first-order valence-corrected chi connectivity index (χ1v) is 12.6. The minimum absolute atomic E-state index is 0.0273. The molecular weight excluding hydrogens is 450 g/mol. The maximum Gasteiger partial charge on any atom is 0.224 e. The van der Waals surface area contributed by atoms with Crippen LogP contribution in [-0.4, -0.2) is 45.8 Å². The maximum atomic E-state index is 12.8. The largest absolute Gasteiger partial charge is 0.481 e. The Morgan fingerprint density at radius 3 is 2.44 bits per heavy atom. The fourth-order valence-electron chi connectivity index (χ4n) is 5.10. The van der Waals surface area contributed by atoms with E-state index in [4.69, 9.17) is 14.8 Å². The Balaban J connectivity index is 1.30. The van der Waals surface area contributed by atoms with Gasteiger partial charge in [0.2, 0.25) is 11.8 Å². The quantitative estimate of drug-likeness (QED) is 0.372. The van der Waals surface area contributed by atoms with Crippen molar-refractivity contribution in [2.45, 2.75) is 46.1 Å². The van der Waals surface area contributed by atoms with Crippen molar-refractivity contribution in [3.63, 3.8) is 0 Å². The minimum atomic E-state index is -0.0273. The van der Waals surface area contributed by atoms with Crippen LogP contribution in [0.1, 0.15) is 41.6 Å². The summed E-state index contributed by atoms with van der Waals surface area (Å²) in [7, 11) is 1.62. The summed E-state index contributed by atoms with van der Waals surface area (Å²) in [6.07, 6.45) is 3.45. The van der Waals surface area contributed by atoms with Gasteiger partial charge in [-0.3, -0.25) is 9.69 Å². The number of pyridine rings is 1. The van der Waals surface area contributed by atoms with Gasteiger partial charge in [-0.05, 0) is 81.6 Å². The molecule has 2 aromatic heterocycles. The van der Waals surface area contributed by atoms with Gasteiger partial charge in [-0.2, -0.15) is 10.1 Å². The van der Waals surface area contributed by atoms with Crippen molar-refractivity contribution in [3.05, 3.63) is 77.0 Å². The van der Waals surface area contributed by atoms with Crippen molar-refractivity contribution in [1.82, 2.24) is 19.7 Å². The highest BCUT2D eigenvalue weighted by Gasteiger charge is 2.20. The molecule has 7 nitrogen and oxygen atoms in total. The average Bonchev–Trinajstić information content (AvgIpc) is 3.52. The summed E-state index contributed by atoms with van der Waals surface area (Å²) in [5.41, 5.74) is 6.70. The second kappa shape index (κ2) is 10.5. The lowest BCUT2D eigenvalue weighted by Gasteiger charge is -2.15. The Morgan fingerprint density at radius 1 is 1.03 bits per heavy atom. The zero-order valence-corrected chi connectivity index (χ0v) is 21.3. The Morgan fingerprint density at radius 2 is 1.75 bits per heavy atom. The summed E-state index contributed by atoms with van der Waals surface area (Å²) in [6, 6.07) is 18.1. The number of hydrogen-bond donors (Lipinski definition) is 1. The molecule has 1 saturated heterocycles. The molecule has 4 aromatic rings. The van der Waals surface area contributed by atoms with Crippen LogP contribution in [0.2, 0.25) is 0 Å². The predicted molar refractivity (Wildman–Crippen MR) is 143 cm³/mol. The highest BCUT2D eigenvalue weighted by Crippen LogP contribution is 2.32. The van der Waals surface area contributed by atoms with E-state index in [0.29, 0.717) is 18.7 Å². The number of benzene rings is 2. The molecule has 1 fully saturated rings. The molecule has 0 atom stereocenters. The number of methoxy groups -OCH3 is 1. The van der Waals surface area contributed by atoms with Crippen molar-refractivity contribution in [3.8, 4) is 11.6 Å². The minimum Gasteiger partial charge on any atom is -0.481 e. The van der Waals surface area contributed by atoms with Crippen LogP contribution in [0.3, 0.4) is 0 Å². The number of aryl methyl sites for hydroxylation is 2. The van der Waals surface area contributed by atoms with E-state index in [1.807, 2.05) is 54.1 Å². The van der Waals surface area contributed by atoms with Crippen LogP contribution in [0.4, 0.5) is 5.69 Å². The van der Waals surface area contributed by atoms with Gasteiger partial charge in [0.15, 0.2) is 5.65 Å². The number of fused-ring (bicyclic) bond motifs is 1. The summed E-state index contributed by atoms with van der Waals surface area (Å²) in [6.45, 7) is 7.38. The molecule has 1 aliphatic heterocycles. The number of nitrogens with one attached hydrogen (secondary N) is 1. The van der Waals surface area contributed by atoms with Gasteiger partial charge in [-0.15, -0.1) is 0 Å². The maximum absolute atomic E-state index is 12.8. The summed E-state index contributed by atoms with van der Waals surface area (Å²) in [5.74, 6) is 0.511. The fraction of sp³-hybridized carbons (Fsp3) is 0.345. The number of hydrogen-bond acceptors (Lipinski definition) is 5. The van der Waals surface area contributed by atoms with E-state index in [1.54, 1.807) is 7.11 Å². The highest BCUT2D eigenvalue weighted by molar-refractivity contribution is 5.91. The van der Waals surface area contributed by atoms with Gasteiger partial charge in [-0.1, -0.05) is 30.3 Å². The smallest absolute Gasteiger partial charge is 0.224 e. The molecule has 1 N–H and O–H groups in total. The molecule has 0 bridgehead atoms. The summed E-state index contributed by atoms with van der Waals surface area (Å²) in [4.78, 5) is 20.1. The topological polar surface area (TPSA) is 72.3 Å². The molecule has 0 spiro atoms. The van der Waals surface area contributed by atoms with Crippen LogP contribution in [0, 0.1) is 13.8 Å². The van der Waals surface area contributed by atoms with Gasteiger partial charge in [0.25, 0.3) is 0 Å². The number of carbonyl (C=O) groups is 1. The average molecular weight is 484 g/mol. The standard InChI is InChI=1S/C29H33N5O2/c1-20-25(15-16-26(35)30-23-13-11-22(12-14-23)19-33-17-7-8-18-33)29(36-3)31-28-27(20)21(2)32-34(28)24-9-5-4-6-10-24/h4-6,9-14H,7-8,15-19H2,1-3H3,(H,30,35). The van der Waals surface area contributed by atoms with Gasteiger partial charge >= 0.3 is 0 Å². The third-order valence-corrected chi connectivity index (χ3v) is 6.97. The molecule has 3 heterocycles. The fourth-order valence-corrected chi connectivity index (χ4v) is 5.10. The zero-order chi connectivity index (χ0) is 25.1. The van der Waals surface area contributed by atoms with Crippen molar-refractivity contribution >= 4 is 22.6 Å². The summed E-state index contributed by atoms with van der Waals surface area (Å²) >= 11 is 0. The number of anilines is 1. The Labute approximate surface area is 212 Å². The number of aromatic nitrogens is 3. The Kier molecular flexibility index (Phi) is 7.00. The normalized spacial score (nSPS) is 13.9. The van der Waals surface area contributed by atoms with Crippen LogP contribution < -0.4 is 10.1 Å². The van der Waals surface area contributed by atoms with Crippen molar-refractivity contribution < 1.29 is 9.53 Å². The van der Waals surface area contributed by atoms with Crippen LogP contribution in [0.25, 0.3) is 16.7 Å². The van der Waals surface area contributed by atoms with Crippen LogP contribution >= 0.6 is 0 Å². The number of nitrogens with zero attached hydrogens (tertiary/aromatic N) is 4. The number of amides is 1. The van der Waals surface area contributed by atoms with E-state index in [2.05, 4.69) is 29.3 Å². The Hall–Kier alpha value is -3.71. The van der Waals surface area contributed by atoms with Gasteiger partial charge in [-0.25, -0.2) is 4.68 Å². The third-order valence-electron chi connectivity index (χ3n) is 6.97. The van der Waals surface area contributed by atoms with Crippen molar-refractivity contribution in [2.75, 3.05) is 25.5 Å². The van der Waals surface area contributed by atoms with Gasteiger partial charge in [0, 0.05) is 29.6 Å². The second-order valence-corrected chi connectivity index (χ2v) is 9.48. The van der Waals surface area contributed by atoms with E-state index in [-0.39, 0.29) is 5.91 Å². The zero-order valence-electron chi connectivity index (χ0n) is 21.3. The monoisotopic (exact) mass is 483 g/mol. The molecule has 5 rings (SSSR count). The van der Waals surface area contributed by atoms with Gasteiger partial charge in [0.1, 0.15) is 0 Å². The van der Waals surface area contributed by atoms with Crippen LogP contribution in [0.5, 0.6) is 5.88 Å². The number of carbonyl (C=O) groups excluding carboxylic acids is 1. The van der Waals surface area contributed by atoms with E-state index < -0.39 is 0 Å². The predicted octanol–water partition coefficient (Wildman–Crippen LogP) is 5.21. The van der Waals surface area contributed by atoms with E-state index in [1.165, 1.54) is 31.5 Å². The SMILES string of the molecule is COc1nc2c(c(C)nn2-c2ccccc2)c(C)c1CCC(=O)Nc1ccc(CN2CCCC2)cc1. The Bertz CT molecular complexity index is 1360. The first-order valence-electron chi connectivity index (χ1n) is 12.6. The van der Waals surface area contributed by atoms with E-state index in [9.17, 15) is 4.79 Å². The molecule has 36 heavy (non-hydrogen) atoms. The molecule has 2 aromatic carbocycles. The lowest BCUT2D eigenvalue weighted by molar-refractivity contribution is -0.116. The summed E-state index contributed by atoms with van der Waals surface area (Å²) < 4.78 is 7.52. The lowest BCUT2D eigenvalue weighted by atomic mass is 10.0. The first kappa shape index (κ1) is 24.0. The molecule has 0 saturated carbocycles. The van der Waals surface area contributed by atoms with Crippen LogP contribution in [-0.2, 0) is 17.8 Å². The summed E-state index contributed by atoms with van der Waals surface area (Å²) in [5, 5.41) is 8.78. The molecule has 0 unspecified atom stereocenters. The van der Waals surface area contributed by atoms with E-state index >= 15 is 0 Å². The highest BCUT2D eigenvalue weighted by atomic mass is 16.5. The number of para-hydroxylation sites is 1. The number of ether oxygens (including phenoxy) is 1. The van der Waals surface area contributed by atoms with Gasteiger partial charge < -0.3 is 10.1 Å². The first-order chi connectivity index (χ1) is 17.5. The molecule has 1 aliphatic rings. The van der Waals surface area contributed by atoms with Gasteiger partial charge in [0.05, 0.1) is 18.5 Å². The number of rotatable bonds is 8. The lowest BCUT2D eigenvalue weighted by Crippen LogP contribution is -2.18. The molecule has 7 heteroatoms. The molecule has 0 aliphatic carbocycles. The van der Waals surface area contributed by atoms with E-state index in [0.717, 1.165) is 45.8 Å². The van der Waals surface area contributed by atoms with Crippen molar-refractivity contribution in [1.29, 1.82) is 0 Å². The van der Waals surface area contributed by atoms with Crippen molar-refractivity contribution in [2.24, 2.45) is 0 Å². The third kappa shape index (κ3) is 4.97. The molecule has 0 radical (unpaired) electrons. The molecule has 1 amide bonds. The molecular formula is C29H33N5O2. The van der Waals surface area contributed by atoms with Crippen LogP contribution in [0.15, 0.2) is 54.6 Å². The molecule has 186 valence electrons. The number of likely N-dealkylation sites (tertiary alicyclic amines) is 1.